The SMILES string of the molecule is CC(NC(=O)C1CC2CCCC(C1)C2N)c1ccc2c(c1)CC(=O)N2.Cl. The van der Waals surface area contributed by atoms with Crippen LogP contribution in [0.25, 0.3) is 0 Å². The summed E-state index contributed by atoms with van der Waals surface area (Å²) < 4.78 is 0. The van der Waals surface area contributed by atoms with Crippen LogP contribution in [0.15, 0.2) is 18.2 Å². The van der Waals surface area contributed by atoms with E-state index in [2.05, 4.69) is 10.6 Å². The number of nitrogens with two attached hydrogens (primary N) is 1. The molecule has 5 nitrogen and oxygen atoms in total. The van der Waals surface area contributed by atoms with E-state index >= 15 is 0 Å². The van der Waals surface area contributed by atoms with Crippen molar-refractivity contribution in [3.05, 3.63) is 29.3 Å². The van der Waals surface area contributed by atoms with Gasteiger partial charge in [0.25, 0.3) is 0 Å². The fraction of sp³-hybridized carbons (Fsp3) is 0.600. The number of carbonyl (C=O) groups excluding carboxylic acids is 2. The van der Waals surface area contributed by atoms with E-state index < -0.39 is 0 Å². The number of rotatable bonds is 3. The molecule has 2 amide bonds. The molecule has 1 aliphatic heterocycles. The van der Waals surface area contributed by atoms with Crippen molar-refractivity contribution in [2.75, 3.05) is 5.32 Å². The minimum absolute atomic E-state index is 0. The second kappa shape index (κ2) is 7.57. The molecule has 3 aliphatic rings. The summed E-state index contributed by atoms with van der Waals surface area (Å²) in [4.78, 5) is 24.3. The first-order chi connectivity index (χ1) is 12.0. The summed E-state index contributed by atoms with van der Waals surface area (Å²) in [6, 6.07) is 6.19. The summed E-state index contributed by atoms with van der Waals surface area (Å²) in [6.45, 7) is 2.01. The summed E-state index contributed by atoms with van der Waals surface area (Å²) in [6.07, 6.45) is 5.88. The van der Waals surface area contributed by atoms with E-state index in [9.17, 15) is 9.59 Å². The number of amides is 2. The molecule has 2 bridgehead atoms. The van der Waals surface area contributed by atoms with Gasteiger partial charge >= 0.3 is 0 Å². The van der Waals surface area contributed by atoms with Gasteiger partial charge in [-0.2, -0.15) is 0 Å². The van der Waals surface area contributed by atoms with Crippen LogP contribution in [-0.4, -0.2) is 17.9 Å². The highest BCUT2D eigenvalue weighted by atomic mass is 35.5. The smallest absolute Gasteiger partial charge is 0.228 e. The maximum Gasteiger partial charge on any atom is 0.228 e. The third-order valence-electron chi connectivity index (χ3n) is 6.40. The van der Waals surface area contributed by atoms with Crippen molar-refractivity contribution >= 4 is 29.9 Å². The summed E-state index contributed by atoms with van der Waals surface area (Å²) in [5, 5.41) is 6.03. The molecule has 0 spiro atoms. The maximum absolute atomic E-state index is 12.8. The first-order valence-corrected chi connectivity index (χ1v) is 9.50. The summed E-state index contributed by atoms with van der Waals surface area (Å²) in [7, 11) is 0. The fourth-order valence-electron chi connectivity index (χ4n) is 4.94. The standard InChI is InChI=1S/C20H27N3O2.ClH/c1-11(12-5-6-17-15(7-12)10-18(24)23-17)22-20(25)16-8-13-3-2-4-14(9-16)19(13)21;/h5-7,11,13-14,16,19H,2-4,8-10,21H2,1H3,(H,22,25)(H,23,24);1H. The summed E-state index contributed by atoms with van der Waals surface area (Å²) in [5.74, 6) is 1.31. The van der Waals surface area contributed by atoms with Crippen molar-refractivity contribution in [2.24, 2.45) is 23.5 Å². The molecule has 0 aromatic heterocycles. The lowest BCUT2D eigenvalue weighted by Gasteiger charge is -2.43. The van der Waals surface area contributed by atoms with Gasteiger partial charge in [-0.15, -0.1) is 12.4 Å². The van der Waals surface area contributed by atoms with Crippen molar-refractivity contribution in [3.63, 3.8) is 0 Å². The molecule has 0 saturated heterocycles. The minimum Gasteiger partial charge on any atom is -0.349 e. The quantitative estimate of drug-likeness (QED) is 0.757. The lowest BCUT2D eigenvalue weighted by Crippen LogP contribution is -2.49. The van der Waals surface area contributed by atoms with Crippen molar-refractivity contribution < 1.29 is 9.59 Å². The molecule has 4 rings (SSSR count). The monoisotopic (exact) mass is 377 g/mol. The number of benzene rings is 1. The topological polar surface area (TPSA) is 84.2 Å². The van der Waals surface area contributed by atoms with Gasteiger partial charge in [-0.25, -0.2) is 0 Å². The molecule has 0 radical (unpaired) electrons. The molecule has 142 valence electrons. The third-order valence-corrected chi connectivity index (χ3v) is 6.40. The Morgan fingerprint density at radius 1 is 1.27 bits per heavy atom. The second-order valence-electron chi connectivity index (χ2n) is 8.07. The molecule has 1 heterocycles. The zero-order chi connectivity index (χ0) is 17.6. The van der Waals surface area contributed by atoms with Crippen LogP contribution in [0.3, 0.4) is 0 Å². The molecular weight excluding hydrogens is 350 g/mol. The lowest BCUT2D eigenvalue weighted by atomic mass is 9.65. The predicted octanol–water partition coefficient (Wildman–Crippen LogP) is 2.93. The average molecular weight is 378 g/mol. The molecule has 2 saturated carbocycles. The number of fused-ring (bicyclic) bond motifs is 3. The molecule has 6 heteroatoms. The molecule has 1 aromatic carbocycles. The zero-order valence-electron chi connectivity index (χ0n) is 15.2. The Kier molecular flexibility index (Phi) is 5.58. The van der Waals surface area contributed by atoms with Crippen LogP contribution in [-0.2, 0) is 16.0 Å². The van der Waals surface area contributed by atoms with E-state index in [0.29, 0.717) is 18.3 Å². The van der Waals surface area contributed by atoms with Crippen molar-refractivity contribution in [1.29, 1.82) is 0 Å². The average Bonchev–Trinajstić information content (AvgIpc) is 2.93. The van der Waals surface area contributed by atoms with Crippen molar-refractivity contribution in [2.45, 2.75) is 57.5 Å². The van der Waals surface area contributed by atoms with Crippen LogP contribution in [0.1, 0.15) is 56.2 Å². The number of hydrogen-bond acceptors (Lipinski definition) is 3. The Labute approximate surface area is 160 Å². The van der Waals surface area contributed by atoms with Gasteiger partial charge in [0.2, 0.25) is 11.8 Å². The van der Waals surface area contributed by atoms with E-state index in [1.807, 2.05) is 25.1 Å². The minimum atomic E-state index is -0.0519. The van der Waals surface area contributed by atoms with E-state index in [1.165, 1.54) is 19.3 Å². The van der Waals surface area contributed by atoms with E-state index in [4.69, 9.17) is 5.73 Å². The van der Waals surface area contributed by atoms with Crippen LogP contribution in [0, 0.1) is 17.8 Å². The summed E-state index contributed by atoms with van der Waals surface area (Å²) >= 11 is 0. The van der Waals surface area contributed by atoms with Crippen LogP contribution in [0.5, 0.6) is 0 Å². The second-order valence-corrected chi connectivity index (χ2v) is 8.07. The van der Waals surface area contributed by atoms with Crippen molar-refractivity contribution in [1.82, 2.24) is 5.32 Å². The maximum atomic E-state index is 12.8. The van der Waals surface area contributed by atoms with Crippen LogP contribution in [0.4, 0.5) is 5.69 Å². The van der Waals surface area contributed by atoms with Gasteiger partial charge in [0.1, 0.15) is 0 Å². The Hall–Kier alpha value is -1.59. The van der Waals surface area contributed by atoms with Gasteiger partial charge in [0.05, 0.1) is 12.5 Å². The number of anilines is 1. The number of hydrogen-bond donors (Lipinski definition) is 3. The fourth-order valence-corrected chi connectivity index (χ4v) is 4.94. The molecule has 3 unspecified atom stereocenters. The molecule has 2 aliphatic carbocycles. The van der Waals surface area contributed by atoms with E-state index in [1.54, 1.807) is 0 Å². The third kappa shape index (κ3) is 3.60. The van der Waals surface area contributed by atoms with Gasteiger partial charge < -0.3 is 16.4 Å². The Morgan fingerprint density at radius 2 is 1.96 bits per heavy atom. The van der Waals surface area contributed by atoms with E-state index in [-0.39, 0.29) is 42.2 Å². The number of carbonyl (C=O) groups is 2. The number of nitrogens with one attached hydrogen (secondary N) is 2. The first kappa shape index (κ1) is 19.2. The summed E-state index contributed by atoms with van der Waals surface area (Å²) in [5.41, 5.74) is 9.29. The molecule has 1 aromatic rings. The first-order valence-electron chi connectivity index (χ1n) is 9.50. The predicted molar refractivity (Wildman–Crippen MR) is 104 cm³/mol. The molecule has 2 fully saturated rings. The number of halogens is 1. The normalized spacial score (nSPS) is 30.6. The van der Waals surface area contributed by atoms with Gasteiger partial charge in [-0.3, -0.25) is 9.59 Å². The Balaban J connectivity index is 0.00000196. The van der Waals surface area contributed by atoms with Gasteiger partial charge in [0.15, 0.2) is 0 Å². The highest BCUT2D eigenvalue weighted by Gasteiger charge is 2.40. The van der Waals surface area contributed by atoms with Gasteiger partial charge in [-0.05, 0) is 61.6 Å². The van der Waals surface area contributed by atoms with Gasteiger partial charge in [-0.1, -0.05) is 18.6 Å². The van der Waals surface area contributed by atoms with Crippen LogP contribution < -0.4 is 16.4 Å². The Bertz CT molecular complexity index is 694. The molecule has 3 atom stereocenters. The zero-order valence-corrected chi connectivity index (χ0v) is 16.0. The largest absolute Gasteiger partial charge is 0.349 e. The van der Waals surface area contributed by atoms with Gasteiger partial charge in [0, 0.05) is 17.6 Å². The van der Waals surface area contributed by atoms with Crippen LogP contribution >= 0.6 is 12.4 Å². The molecule has 4 N–H and O–H groups in total. The lowest BCUT2D eigenvalue weighted by molar-refractivity contribution is -0.128. The molecular formula is C20H28ClN3O2. The Morgan fingerprint density at radius 3 is 2.65 bits per heavy atom. The van der Waals surface area contributed by atoms with E-state index in [0.717, 1.165) is 29.7 Å². The highest BCUT2D eigenvalue weighted by molar-refractivity contribution is 5.99. The van der Waals surface area contributed by atoms with Crippen LogP contribution in [0.2, 0.25) is 0 Å². The van der Waals surface area contributed by atoms with Crippen molar-refractivity contribution in [3.8, 4) is 0 Å². The highest BCUT2D eigenvalue weighted by Crippen LogP contribution is 2.42. The molecule has 26 heavy (non-hydrogen) atoms.